The standard InChI is InChI=1S/C20H18FN3O3/c1-12-7-8-13(11-15(12)21)22-19(27)20-10-9-17(25)24(20)16-6-4-3-5-14(16)18(26)23(20)2/h3-8,11H,9-10H2,1-2H3,(H,22,27). The van der Waals surface area contributed by atoms with Crippen LogP contribution in [0.5, 0.6) is 0 Å². The lowest BCUT2D eigenvalue weighted by atomic mass is 9.96. The van der Waals surface area contributed by atoms with Crippen molar-refractivity contribution < 1.29 is 18.8 Å². The SMILES string of the molecule is Cc1ccc(NC(=O)C23CCC(=O)N2c2ccccc2C(=O)N3C)cc1F. The third-order valence-corrected chi connectivity index (χ3v) is 5.34. The summed E-state index contributed by atoms with van der Waals surface area (Å²) in [5.74, 6) is -1.54. The van der Waals surface area contributed by atoms with Crippen molar-refractivity contribution in [1.82, 2.24) is 4.90 Å². The predicted molar refractivity (Wildman–Crippen MR) is 97.8 cm³/mol. The minimum atomic E-state index is -1.47. The summed E-state index contributed by atoms with van der Waals surface area (Å²) >= 11 is 0. The number of nitrogens with zero attached hydrogens (tertiary/aromatic N) is 2. The molecule has 0 saturated carbocycles. The van der Waals surface area contributed by atoms with Crippen LogP contribution in [0.25, 0.3) is 0 Å². The van der Waals surface area contributed by atoms with Crippen molar-refractivity contribution in [3.63, 3.8) is 0 Å². The van der Waals surface area contributed by atoms with Crippen LogP contribution in [0.15, 0.2) is 42.5 Å². The van der Waals surface area contributed by atoms with Crippen LogP contribution in [0.1, 0.15) is 28.8 Å². The summed E-state index contributed by atoms with van der Waals surface area (Å²) < 4.78 is 13.9. The Kier molecular flexibility index (Phi) is 3.76. The van der Waals surface area contributed by atoms with Crippen LogP contribution in [-0.4, -0.2) is 35.3 Å². The maximum atomic E-state index is 13.9. The Hall–Kier alpha value is -3.22. The van der Waals surface area contributed by atoms with E-state index in [1.807, 2.05) is 0 Å². The number of hydrogen-bond acceptors (Lipinski definition) is 3. The van der Waals surface area contributed by atoms with Gasteiger partial charge in [0, 0.05) is 25.6 Å². The molecular weight excluding hydrogens is 349 g/mol. The van der Waals surface area contributed by atoms with Crippen LogP contribution in [0, 0.1) is 12.7 Å². The summed E-state index contributed by atoms with van der Waals surface area (Å²) in [5.41, 5.74) is 0.0664. The minimum Gasteiger partial charge on any atom is -0.322 e. The highest BCUT2D eigenvalue weighted by Gasteiger charge is 2.59. The van der Waals surface area contributed by atoms with Crippen molar-refractivity contribution in [3.05, 3.63) is 59.4 Å². The van der Waals surface area contributed by atoms with Crippen molar-refractivity contribution in [2.45, 2.75) is 25.4 Å². The summed E-state index contributed by atoms with van der Waals surface area (Å²) in [6, 6.07) is 11.1. The number of carbonyl (C=O) groups is 3. The zero-order valence-corrected chi connectivity index (χ0v) is 15.0. The second kappa shape index (κ2) is 5.90. The normalized spacial score (nSPS) is 21.1. The average Bonchev–Trinajstić information content (AvgIpc) is 3.01. The van der Waals surface area contributed by atoms with E-state index in [1.54, 1.807) is 43.3 Å². The zero-order valence-electron chi connectivity index (χ0n) is 15.0. The maximum absolute atomic E-state index is 13.9. The van der Waals surface area contributed by atoms with Crippen molar-refractivity contribution in [1.29, 1.82) is 0 Å². The van der Waals surface area contributed by atoms with Gasteiger partial charge in [0.05, 0.1) is 11.3 Å². The molecule has 3 amide bonds. The Morgan fingerprint density at radius 2 is 1.93 bits per heavy atom. The van der Waals surface area contributed by atoms with Gasteiger partial charge in [-0.2, -0.15) is 0 Å². The number of benzene rings is 2. The number of amides is 3. The summed E-state index contributed by atoms with van der Waals surface area (Å²) in [5, 5.41) is 2.68. The van der Waals surface area contributed by atoms with Gasteiger partial charge >= 0.3 is 0 Å². The van der Waals surface area contributed by atoms with E-state index >= 15 is 0 Å². The summed E-state index contributed by atoms with van der Waals surface area (Å²) in [4.78, 5) is 41.5. The topological polar surface area (TPSA) is 69.7 Å². The zero-order chi connectivity index (χ0) is 19.3. The molecule has 1 saturated heterocycles. The Morgan fingerprint density at radius 3 is 2.67 bits per heavy atom. The summed E-state index contributed by atoms with van der Waals surface area (Å²) in [6.07, 6.45) is 0.310. The lowest BCUT2D eigenvalue weighted by molar-refractivity contribution is -0.128. The third kappa shape index (κ3) is 2.34. The lowest BCUT2D eigenvalue weighted by Crippen LogP contribution is -2.68. The second-order valence-corrected chi connectivity index (χ2v) is 6.85. The van der Waals surface area contributed by atoms with Crippen LogP contribution in [0.2, 0.25) is 0 Å². The van der Waals surface area contributed by atoms with E-state index in [1.165, 1.54) is 22.9 Å². The van der Waals surface area contributed by atoms with E-state index in [0.717, 1.165) is 0 Å². The molecule has 4 rings (SSSR count). The molecule has 2 aromatic carbocycles. The molecular formula is C20H18FN3O3. The number of carbonyl (C=O) groups excluding carboxylic acids is 3. The molecule has 1 fully saturated rings. The van der Waals surface area contributed by atoms with E-state index in [9.17, 15) is 18.8 Å². The number of nitrogens with one attached hydrogen (secondary N) is 1. The third-order valence-electron chi connectivity index (χ3n) is 5.34. The molecule has 138 valence electrons. The van der Waals surface area contributed by atoms with E-state index in [4.69, 9.17) is 0 Å². The first-order valence-corrected chi connectivity index (χ1v) is 8.64. The number of likely N-dealkylation sites (N-methyl/N-ethyl adjacent to an activating group) is 1. The Labute approximate surface area is 155 Å². The predicted octanol–water partition coefficient (Wildman–Crippen LogP) is 2.68. The summed E-state index contributed by atoms with van der Waals surface area (Å²) in [7, 11) is 1.51. The molecule has 1 unspecified atom stereocenters. The van der Waals surface area contributed by atoms with Crippen LogP contribution in [0.3, 0.4) is 0 Å². The first-order valence-electron chi connectivity index (χ1n) is 8.64. The molecule has 2 aliphatic rings. The Balaban J connectivity index is 1.79. The number of hydrogen-bond donors (Lipinski definition) is 1. The number of rotatable bonds is 2. The molecule has 2 heterocycles. The van der Waals surface area contributed by atoms with E-state index < -0.39 is 17.4 Å². The summed E-state index contributed by atoms with van der Waals surface area (Å²) in [6.45, 7) is 1.63. The number of anilines is 2. The van der Waals surface area contributed by atoms with Gasteiger partial charge in [-0.05, 0) is 36.8 Å². The maximum Gasteiger partial charge on any atom is 0.271 e. The average molecular weight is 367 g/mol. The van der Waals surface area contributed by atoms with Gasteiger partial charge in [0.15, 0.2) is 0 Å². The van der Waals surface area contributed by atoms with E-state index in [-0.39, 0.29) is 30.3 Å². The fourth-order valence-electron chi connectivity index (χ4n) is 3.83. The highest BCUT2D eigenvalue weighted by molar-refractivity contribution is 6.18. The van der Waals surface area contributed by atoms with Crippen LogP contribution in [0.4, 0.5) is 15.8 Å². The van der Waals surface area contributed by atoms with Crippen LogP contribution in [-0.2, 0) is 9.59 Å². The first-order chi connectivity index (χ1) is 12.9. The van der Waals surface area contributed by atoms with E-state index in [0.29, 0.717) is 16.8 Å². The highest BCUT2D eigenvalue weighted by Crippen LogP contribution is 2.44. The van der Waals surface area contributed by atoms with E-state index in [2.05, 4.69) is 5.32 Å². The monoisotopic (exact) mass is 367 g/mol. The molecule has 6 nitrogen and oxygen atoms in total. The van der Waals surface area contributed by atoms with Gasteiger partial charge in [0.1, 0.15) is 5.82 Å². The van der Waals surface area contributed by atoms with Crippen LogP contribution >= 0.6 is 0 Å². The molecule has 0 radical (unpaired) electrons. The van der Waals surface area contributed by atoms with Gasteiger partial charge in [0.2, 0.25) is 11.6 Å². The largest absolute Gasteiger partial charge is 0.322 e. The fraction of sp³-hybridized carbons (Fsp3) is 0.250. The van der Waals surface area contributed by atoms with Gasteiger partial charge in [-0.1, -0.05) is 18.2 Å². The van der Waals surface area contributed by atoms with Crippen molar-refractivity contribution in [3.8, 4) is 0 Å². The number of aryl methyl sites for hydroxylation is 1. The smallest absolute Gasteiger partial charge is 0.271 e. The van der Waals surface area contributed by atoms with Crippen molar-refractivity contribution in [2.24, 2.45) is 0 Å². The Bertz CT molecular complexity index is 990. The number of fused-ring (bicyclic) bond motifs is 3. The molecule has 27 heavy (non-hydrogen) atoms. The highest BCUT2D eigenvalue weighted by atomic mass is 19.1. The van der Waals surface area contributed by atoms with Gasteiger partial charge in [-0.25, -0.2) is 4.39 Å². The van der Waals surface area contributed by atoms with Crippen LogP contribution < -0.4 is 10.2 Å². The molecule has 0 spiro atoms. The fourth-order valence-corrected chi connectivity index (χ4v) is 3.83. The van der Waals surface area contributed by atoms with Crippen molar-refractivity contribution in [2.75, 3.05) is 17.3 Å². The minimum absolute atomic E-state index is 0.141. The lowest BCUT2D eigenvalue weighted by Gasteiger charge is -2.47. The molecule has 1 atom stereocenters. The first kappa shape index (κ1) is 17.2. The quantitative estimate of drug-likeness (QED) is 0.887. The Morgan fingerprint density at radius 1 is 1.19 bits per heavy atom. The molecule has 0 aliphatic carbocycles. The molecule has 7 heteroatoms. The van der Waals surface area contributed by atoms with Gasteiger partial charge in [-0.3, -0.25) is 19.3 Å². The van der Waals surface area contributed by atoms with Gasteiger partial charge in [0.25, 0.3) is 11.8 Å². The second-order valence-electron chi connectivity index (χ2n) is 6.85. The van der Waals surface area contributed by atoms with Gasteiger partial charge < -0.3 is 10.2 Å². The number of para-hydroxylation sites is 1. The van der Waals surface area contributed by atoms with Gasteiger partial charge in [-0.15, -0.1) is 0 Å². The molecule has 2 aliphatic heterocycles. The molecule has 0 bridgehead atoms. The molecule has 0 aromatic heterocycles. The molecule has 2 aromatic rings. The molecule has 1 N–H and O–H groups in total. The number of halogens is 1. The van der Waals surface area contributed by atoms with Crippen molar-refractivity contribution >= 4 is 29.1 Å².